The van der Waals surface area contributed by atoms with Crippen molar-refractivity contribution in [3.05, 3.63) is 29.8 Å². The molecule has 1 aromatic carbocycles. The maximum atomic E-state index is 9.76. The third-order valence-electron chi connectivity index (χ3n) is 3.00. The molecule has 1 aromatic rings. The van der Waals surface area contributed by atoms with Crippen LogP contribution in [0.5, 0.6) is 5.75 Å². The topological polar surface area (TPSA) is 61.7 Å². The molecule has 0 heterocycles. The van der Waals surface area contributed by atoms with E-state index in [0.29, 0.717) is 6.54 Å². The fourth-order valence-electron chi connectivity index (χ4n) is 1.73. The number of aliphatic hydroxyl groups excluding tert-OH is 1. The second-order valence-corrected chi connectivity index (χ2v) is 4.77. The lowest BCUT2D eigenvalue weighted by atomic mass is 10.0. The van der Waals surface area contributed by atoms with Crippen molar-refractivity contribution >= 4 is 0 Å². The van der Waals surface area contributed by atoms with Crippen LogP contribution >= 0.6 is 0 Å². The molecule has 2 unspecified atom stereocenters. The Balaban J connectivity index is 2.65. The van der Waals surface area contributed by atoms with Crippen LogP contribution in [-0.2, 0) is 0 Å². The number of methoxy groups -OCH3 is 1. The van der Waals surface area contributed by atoms with Gasteiger partial charge in [-0.1, -0.05) is 19.1 Å². The van der Waals surface area contributed by atoms with Gasteiger partial charge in [0.25, 0.3) is 0 Å². The first-order valence-electron chi connectivity index (χ1n) is 6.23. The van der Waals surface area contributed by atoms with E-state index in [9.17, 15) is 5.11 Å². The van der Waals surface area contributed by atoms with E-state index >= 15 is 0 Å². The van der Waals surface area contributed by atoms with Gasteiger partial charge in [0, 0.05) is 12.6 Å². The summed E-state index contributed by atoms with van der Waals surface area (Å²) in [6, 6.07) is 8.02. The van der Waals surface area contributed by atoms with Crippen molar-refractivity contribution in [3.8, 4) is 5.75 Å². The van der Waals surface area contributed by atoms with Gasteiger partial charge in [0.15, 0.2) is 0 Å². The van der Waals surface area contributed by atoms with E-state index in [-0.39, 0.29) is 12.6 Å². The molecule has 1 rings (SSSR count). The summed E-state index contributed by atoms with van der Waals surface area (Å²) >= 11 is 0. The lowest BCUT2D eigenvalue weighted by Crippen LogP contribution is -2.42. The van der Waals surface area contributed by atoms with Crippen LogP contribution in [0.25, 0.3) is 0 Å². The van der Waals surface area contributed by atoms with Crippen LogP contribution in [0, 0.1) is 0 Å². The smallest absolute Gasteiger partial charge is 0.118 e. The molecule has 0 aliphatic carbocycles. The molecule has 3 N–H and O–H groups in total. The van der Waals surface area contributed by atoms with E-state index in [1.54, 1.807) is 14.0 Å². The Morgan fingerprint density at radius 3 is 2.39 bits per heavy atom. The SMILES string of the molecule is CCC(NCC(C)(O)CO)c1ccc(OC)cc1. The average molecular weight is 253 g/mol. The summed E-state index contributed by atoms with van der Waals surface area (Å²) in [4.78, 5) is 0. The molecule has 0 amide bonds. The highest BCUT2D eigenvalue weighted by molar-refractivity contribution is 5.29. The van der Waals surface area contributed by atoms with Gasteiger partial charge < -0.3 is 20.3 Å². The fraction of sp³-hybridized carbons (Fsp3) is 0.571. The van der Waals surface area contributed by atoms with Crippen LogP contribution in [0.3, 0.4) is 0 Å². The second kappa shape index (κ2) is 6.73. The standard InChI is InChI=1S/C14H23NO3/c1-4-13(15-9-14(2,17)10-16)11-5-7-12(18-3)8-6-11/h5-8,13,15-17H,4,9-10H2,1-3H3. The molecule has 0 aliphatic rings. The minimum absolute atomic E-state index is 0.161. The predicted molar refractivity (Wildman–Crippen MR) is 71.7 cm³/mol. The Labute approximate surface area is 109 Å². The van der Waals surface area contributed by atoms with Crippen LogP contribution in [-0.4, -0.2) is 36.1 Å². The second-order valence-electron chi connectivity index (χ2n) is 4.77. The molecular formula is C14H23NO3. The number of benzene rings is 1. The molecule has 0 saturated carbocycles. The highest BCUT2D eigenvalue weighted by Gasteiger charge is 2.20. The van der Waals surface area contributed by atoms with Crippen molar-refractivity contribution in [1.29, 1.82) is 0 Å². The highest BCUT2D eigenvalue weighted by atomic mass is 16.5. The first-order chi connectivity index (χ1) is 8.52. The van der Waals surface area contributed by atoms with Gasteiger partial charge in [-0.05, 0) is 31.0 Å². The molecule has 0 radical (unpaired) electrons. The molecule has 18 heavy (non-hydrogen) atoms. The van der Waals surface area contributed by atoms with Crippen LogP contribution in [0.2, 0.25) is 0 Å². The van der Waals surface area contributed by atoms with Gasteiger partial charge in [-0.25, -0.2) is 0 Å². The Hall–Kier alpha value is -1.10. The Bertz CT molecular complexity index is 349. The summed E-state index contributed by atoms with van der Waals surface area (Å²) in [5.41, 5.74) is 0.0620. The van der Waals surface area contributed by atoms with Crippen molar-refractivity contribution in [2.24, 2.45) is 0 Å². The Morgan fingerprint density at radius 2 is 1.94 bits per heavy atom. The molecule has 0 spiro atoms. The van der Waals surface area contributed by atoms with Crippen LogP contribution < -0.4 is 10.1 Å². The Kier molecular flexibility index (Phi) is 5.59. The van der Waals surface area contributed by atoms with E-state index in [4.69, 9.17) is 9.84 Å². The van der Waals surface area contributed by atoms with Gasteiger partial charge in [0.1, 0.15) is 5.75 Å². The van der Waals surface area contributed by atoms with Gasteiger partial charge in [-0.15, -0.1) is 0 Å². The molecule has 2 atom stereocenters. The minimum Gasteiger partial charge on any atom is -0.497 e. The normalized spacial score (nSPS) is 16.1. The first-order valence-corrected chi connectivity index (χ1v) is 6.23. The van der Waals surface area contributed by atoms with Gasteiger partial charge in [-0.2, -0.15) is 0 Å². The van der Waals surface area contributed by atoms with Gasteiger partial charge in [0.05, 0.1) is 19.3 Å². The highest BCUT2D eigenvalue weighted by Crippen LogP contribution is 2.20. The van der Waals surface area contributed by atoms with E-state index in [1.165, 1.54) is 0 Å². The predicted octanol–water partition coefficient (Wildman–Crippen LogP) is 1.48. The van der Waals surface area contributed by atoms with Gasteiger partial charge in [0.2, 0.25) is 0 Å². The summed E-state index contributed by atoms with van der Waals surface area (Å²) < 4.78 is 5.12. The van der Waals surface area contributed by atoms with E-state index in [2.05, 4.69) is 12.2 Å². The van der Waals surface area contributed by atoms with Crippen molar-refractivity contribution < 1.29 is 14.9 Å². The number of rotatable bonds is 7. The summed E-state index contributed by atoms with van der Waals surface area (Å²) in [6.07, 6.45) is 0.911. The fourth-order valence-corrected chi connectivity index (χ4v) is 1.73. The number of nitrogens with one attached hydrogen (secondary N) is 1. The molecule has 4 heteroatoms. The lowest BCUT2D eigenvalue weighted by Gasteiger charge is -2.25. The van der Waals surface area contributed by atoms with Crippen LogP contribution in [0.1, 0.15) is 31.9 Å². The molecule has 0 aliphatic heterocycles. The zero-order chi connectivity index (χ0) is 13.6. The molecule has 0 aromatic heterocycles. The van der Waals surface area contributed by atoms with Gasteiger partial charge >= 0.3 is 0 Å². The molecular weight excluding hydrogens is 230 g/mol. The van der Waals surface area contributed by atoms with Crippen molar-refractivity contribution in [2.45, 2.75) is 31.9 Å². The third-order valence-corrected chi connectivity index (χ3v) is 3.00. The zero-order valence-electron chi connectivity index (χ0n) is 11.3. The van der Waals surface area contributed by atoms with Crippen molar-refractivity contribution in [2.75, 3.05) is 20.3 Å². The zero-order valence-corrected chi connectivity index (χ0v) is 11.3. The summed E-state index contributed by atoms with van der Waals surface area (Å²) in [6.45, 7) is 3.80. The minimum atomic E-state index is -1.08. The average Bonchev–Trinajstić information content (AvgIpc) is 2.40. The summed E-state index contributed by atoms with van der Waals surface area (Å²) in [7, 11) is 1.64. The molecule has 102 valence electrons. The Morgan fingerprint density at radius 1 is 1.33 bits per heavy atom. The largest absolute Gasteiger partial charge is 0.497 e. The number of ether oxygens (including phenoxy) is 1. The van der Waals surface area contributed by atoms with Crippen molar-refractivity contribution in [1.82, 2.24) is 5.32 Å². The molecule has 4 nitrogen and oxygen atoms in total. The molecule has 0 fully saturated rings. The lowest BCUT2D eigenvalue weighted by molar-refractivity contribution is 0.000592. The summed E-state index contributed by atoms with van der Waals surface area (Å²) in [5, 5.41) is 22.0. The monoisotopic (exact) mass is 253 g/mol. The van der Waals surface area contributed by atoms with Crippen LogP contribution in [0.4, 0.5) is 0 Å². The maximum Gasteiger partial charge on any atom is 0.118 e. The van der Waals surface area contributed by atoms with Gasteiger partial charge in [-0.3, -0.25) is 0 Å². The number of aliphatic hydroxyl groups is 2. The first kappa shape index (κ1) is 15.0. The van der Waals surface area contributed by atoms with Crippen LogP contribution in [0.15, 0.2) is 24.3 Å². The van der Waals surface area contributed by atoms with Crippen molar-refractivity contribution in [3.63, 3.8) is 0 Å². The summed E-state index contributed by atoms with van der Waals surface area (Å²) in [5.74, 6) is 0.830. The number of hydrogen-bond acceptors (Lipinski definition) is 4. The van der Waals surface area contributed by atoms with E-state index < -0.39 is 5.60 Å². The maximum absolute atomic E-state index is 9.76. The molecule has 0 bridgehead atoms. The molecule has 0 saturated heterocycles. The van der Waals surface area contributed by atoms with E-state index in [1.807, 2.05) is 24.3 Å². The number of hydrogen-bond donors (Lipinski definition) is 3. The van der Waals surface area contributed by atoms with E-state index in [0.717, 1.165) is 17.7 Å². The third kappa shape index (κ3) is 4.29. The quantitative estimate of drug-likeness (QED) is 0.689.